The summed E-state index contributed by atoms with van der Waals surface area (Å²) in [6.07, 6.45) is 0.486. The molecule has 6 aromatic rings. The Morgan fingerprint density at radius 3 is 2.25 bits per heavy atom. The number of aromatic nitrogens is 3. The Kier molecular flexibility index (Phi) is 8.75. The Bertz CT molecular complexity index is 1890. The third kappa shape index (κ3) is 6.68. The molecule has 0 radical (unpaired) electrons. The molecule has 0 saturated heterocycles. The predicted molar refractivity (Wildman–Crippen MR) is 174 cm³/mol. The molecule has 6 rings (SSSR count). The lowest BCUT2D eigenvalue weighted by Crippen LogP contribution is -2.14. The summed E-state index contributed by atoms with van der Waals surface area (Å²) in [5, 5.41) is 14.8. The Balaban J connectivity index is 1.24. The van der Waals surface area contributed by atoms with Gasteiger partial charge in [-0.3, -0.25) is 9.36 Å². The second-order valence-corrected chi connectivity index (χ2v) is 10.9. The fourth-order valence-electron chi connectivity index (χ4n) is 4.82. The number of nitrogens with zero attached hydrogens (tertiary/aromatic N) is 3. The number of para-hydroxylation sites is 1. The van der Waals surface area contributed by atoms with Crippen molar-refractivity contribution < 1.29 is 19.0 Å². The first-order chi connectivity index (χ1) is 21.6. The van der Waals surface area contributed by atoms with Crippen LogP contribution in [0.3, 0.4) is 0 Å². The van der Waals surface area contributed by atoms with Gasteiger partial charge < -0.3 is 19.5 Å². The number of hydrogen-bond acceptors (Lipinski definition) is 7. The van der Waals surface area contributed by atoms with Crippen LogP contribution < -0.4 is 19.5 Å². The number of ether oxygens (including phenoxy) is 3. The maximum Gasteiger partial charge on any atom is 0.234 e. The standard InChI is InChI=1S/C35H30N4O4S/c1-41-31-19-12-24(20-32(31)42-2)21-33-37-38-35(39(33)28-15-17-30(18-16-28)43-29-10-4-3-5-11-29)44-23-34(40)36-27-14-13-25-8-6-7-9-26(25)22-27/h3-20,22H,21,23H2,1-2H3,(H,36,40). The zero-order valence-electron chi connectivity index (χ0n) is 24.3. The molecular weight excluding hydrogens is 572 g/mol. The molecule has 1 aromatic heterocycles. The highest BCUT2D eigenvalue weighted by Crippen LogP contribution is 2.31. The van der Waals surface area contributed by atoms with Gasteiger partial charge in [0, 0.05) is 17.8 Å². The maximum absolute atomic E-state index is 13.0. The summed E-state index contributed by atoms with van der Waals surface area (Å²) in [6.45, 7) is 0. The largest absolute Gasteiger partial charge is 0.493 e. The predicted octanol–water partition coefficient (Wildman–Crippen LogP) is 7.55. The summed E-state index contributed by atoms with van der Waals surface area (Å²) in [4.78, 5) is 13.0. The third-order valence-corrected chi connectivity index (χ3v) is 7.88. The van der Waals surface area contributed by atoms with Gasteiger partial charge in [0.1, 0.15) is 17.3 Å². The first kappa shape index (κ1) is 28.8. The molecule has 0 aliphatic carbocycles. The molecule has 9 heteroatoms. The Hall–Kier alpha value is -5.28. The van der Waals surface area contributed by atoms with E-state index in [9.17, 15) is 4.79 Å². The normalized spacial score (nSPS) is 10.9. The number of hydrogen-bond donors (Lipinski definition) is 1. The number of methoxy groups -OCH3 is 2. The molecule has 0 spiro atoms. The Morgan fingerprint density at radius 2 is 1.48 bits per heavy atom. The molecule has 0 bridgehead atoms. The summed E-state index contributed by atoms with van der Waals surface area (Å²) in [6, 6.07) is 37.1. The molecule has 1 heterocycles. The number of rotatable bonds is 11. The summed E-state index contributed by atoms with van der Waals surface area (Å²) >= 11 is 1.33. The summed E-state index contributed by atoms with van der Waals surface area (Å²) < 4.78 is 18.9. The van der Waals surface area contributed by atoms with Crippen LogP contribution in [0.2, 0.25) is 0 Å². The monoisotopic (exact) mass is 602 g/mol. The number of benzene rings is 5. The van der Waals surface area contributed by atoms with Crippen molar-refractivity contribution in [2.75, 3.05) is 25.3 Å². The van der Waals surface area contributed by atoms with Crippen LogP contribution in [-0.2, 0) is 11.2 Å². The van der Waals surface area contributed by atoms with Gasteiger partial charge in [-0.1, -0.05) is 66.4 Å². The first-order valence-electron chi connectivity index (χ1n) is 14.0. The topological polar surface area (TPSA) is 87.5 Å². The van der Waals surface area contributed by atoms with Gasteiger partial charge in [-0.15, -0.1) is 10.2 Å². The van der Waals surface area contributed by atoms with Crippen molar-refractivity contribution in [3.63, 3.8) is 0 Å². The van der Waals surface area contributed by atoms with Crippen molar-refractivity contribution in [1.29, 1.82) is 0 Å². The van der Waals surface area contributed by atoms with Crippen LogP contribution in [0.1, 0.15) is 11.4 Å². The number of nitrogens with one attached hydrogen (secondary N) is 1. The molecule has 0 saturated carbocycles. The summed E-state index contributed by atoms with van der Waals surface area (Å²) in [7, 11) is 3.22. The molecule has 1 N–H and O–H groups in total. The molecule has 0 atom stereocenters. The van der Waals surface area contributed by atoms with E-state index in [1.165, 1.54) is 11.8 Å². The average molecular weight is 603 g/mol. The van der Waals surface area contributed by atoms with Crippen LogP contribution in [0.15, 0.2) is 120 Å². The number of carbonyl (C=O) groups excluding carboxylic acids is 1. The number of carbonyl (C=O) groups is 1. The molecule has 8 nitrogen and oxygen atoms in total. The van der Waals surface area contributed by atoms with Crippen molar-refractivity contribution >= 4 is 34.1 Å². The van der Waals surface area contributed by atoms with Crippen molar-refractivity contribution in [3.8, 4) is 28.7 Å². The van der Waals surface area contributed by atoms with Crippen LogP contribution in [-0.4, -0.2) is 40.6 Å². The van der Waals surface area contributed by atoms with E-state index in [0.717, 1.165) is 33.5 Å². The molecule has 0 aliphatic heterocycles. The van der Waals surface area contributed by atoms with E-state index in [2.05, 4.69) is 15.5 Å². The number of anilines is 1. The van der Waals surface area contributed by atoms with Gasteiger partial charge in [0.25, 0.3) is 0 Å². The second-order valence-electron chi connectivity index (χ2n) is 9.91. The van der Waals surface area contributed by atoms with E-state index in [-0.39, 0.29) is 11.7 Å². The minimum absolute atomic E-state index is 0.132. The lowest BCUT2D eigenvalue weighted by atomic mass is 10.1. The van der Waals surface area contributed by atoms with Crippen LogP contribution in [0, 0.1) is 0 Å². The van der Waals surface area contributed by atoms with Gasteiger partial charge in [-0.25, -0.2) is 0 Å². The van der Waals surface area contributed by atoms with Crippen molar-refractivity contribution in [1.82, 2.24) is 14.8 Å². The van der Waals surface area contributed by atoms with Crippen LogP contribution in [0.25, 0.3) is 16.5 Å². The van der Waals surface area contributed by atoms with Gasteiger partial charge in [0.15, 0.2) is 16.7 Å². The highest BCUT2D eigenvalue weighted by molar-refractivity contribution is 7.99. The fraction of sp³-hybridized carbons (Fsp3) is 0.114. The van der Waals surface area contributed by atoms with Gasteiger partial charge in [0.05, 0.1) is 20.0 Å². The summed E-state index contributed by atoms with van der Waals surface area (Å²) in [5.74, 6) is 3.50. The van der Waals surface area contributed by atoms with Gasteiger partial charge >= 0.3 is 0 Å². The second kappa shape index (κ2) is 13.4. The Labute approximate surface area is 259 Å². The van der Waals surface area contributed by atoms with E-state index in [1.54, 1.807) is 14.2 Å². The van der Waals surface area contributed by atoms with Crippen molar-refractivity contribution in [2.45, 2.75) is 11.6 Å². The van der Waals surface area contributed by atoms with Crippen LogP contribution in [0.5, 0.6) is 23.0 Å². The van der Waals surface area contributed by atoms with Gasteiger partial charge in [0.2, 0.25) is 5.91 Å². The molecule has 220 valence electrons. The minimum atomic E-state index is -0.132. The maximum atomic E-state index is 13.0. The lowest BCUT2D eigenvalue weighted by Gasteiger charge is -2.13. The quantitative estimate of drug-likeness (QED) is 0.153. The van der Waals surface area contributed by atoms with E-state index in [0.29, 0.717) is 34.7 Å². The smallest absolute Gasteiger partial charge is 0.234 e. The first-order valence-corrected chi connectivity index (χ1v) is 15.0. The van der Waals surface area contributed by atoms with Gasteiger partial charge in [-0.05, 0) is 77.0 Å². The third-order valence-electron chi connectivity index (χ3n) is 6.95. The highest BCUT2D eigenvalue weighted by Gasteiger charge is 2.18. The molecular formula is C35H30N4O4S. The lowest BCUT2D eigenvalue weighted by molar-refractivity contribution is -0.113. The fourth-order valence-corrected chi connectivity index (χ4v) is 5.59. The molecule has 1 amide bonds. The molecule has 44 heavy (non-hydrogen) atoms. The van der Waals surface area contributed by atoms with Crippen molar-refractivity contribution in [3.05, 3.63) is 127 Å². The zero-order valence-corrected chi connectivity index (χ0v) is 25.1. The van der Waals surface area contributed by atoms with Gasteiger partial charge in [-0.2, -0.15) is 0 Å². The van der Waals surface area contributed by atoms with E-state index < -0.39 is 0 Å². The van der Waals surface area contributed by atoms with E-state index in [1.807, 2.05) is 120 Å². The average Bonchev–Trinajstić information content (AvgIpc) is 3.46. The number of amides is 1. The van der Waals surface area contributed by atoms with Crippen LogP contribution >= 0.6 is 11.8 Å². The van der Waals surface area contributed by atoms with Crippen LogP contribution in [0.4, 0.5) is 5.69 Å². The minimum Gasteiger partial charge on any atom is -0.493 e. The van der Waals surface area contributed by atoms with E-state index in [4.69, 9.17) is 14.2 Å². The Morgan fingerprint density at radius 1 is 0.750 bits per heavy atom. The van der Waals surface area contributed by atoms with E-state index >= 15 is 0 Å². The zero-order chi connectivity index (χ0) is 30.3. The number of thioether (sulfide) groups is 1. The van der Waals surface area contributed by atoms with Crippen molar-refractivity contribution in [2.24, 2.45) is 0 Å². The molecule has 0 fully saturated rings. The number of fused-ring (bicyclic) bond motifs is 1. The SMILES string of the molecule is COc1ccc(Cc2nnc(SCC(=O)Nc3ccc4ccccc4c3)n2-c2ccc(Oc3ccccc3)cc2)cc1OC. The molecule has 0 aliphatic rings. The molecule has 0 unspecified atom stereocenters. The molecule has 5 aromatic carbocycles. The summed E-state index contributed by atoms with van der Waals surface area (Å²) in [5.41, 5.74) is 2.58. The highest BCUT2D eigenvalue weighted by atomic mass is 32.2.